The van der Waals surface area contributed by atoms with Gasteiger partial charge in [0.2, 0.25) is 5.78 Å². The summed E-state index contributed by atoms with van der Waals surface area (Å²) < 4.78 is 16.6. The number of ether oxygens (including phenoxy) is 3. The van der Waals surface area contributed by atoms with Crippen LogP contribution in [0.1, 0.15) is 79.5 Å². The topological polar surface area (TPSA) is 78.9 Å². The lowest BCUT2D eigenvalue weighted by atomic mass is 10.0. The van der Waals surface area contributed by atoms with E-state index >= 15 is 0 Å². The molecule has 0 aliphatic rings. The van der Waals surface area contributed by atoms with Crippen LogP contribution in [0.15, 0.2) is 72.8 Å². The van der Waals surface area contributed by atoms with Gasteiger partial charge in [-0.05, 0) is 78.4 Å². The molecule has 208 valence electrons. The fourth-order valence-electron chi connectivity index (χ4n) is 4.06. The van der Waals surface area contributed by atoms with Gasteiger partial charge in [0.05, 0.1) is 17.7 Å². The minimum absolute atomic E-state index is 0.221. The first-order valence-electron chi connectivity index (χ1n) is 13.8. The molecule has 1 atom stereocenters. The quantitative estimate of drug-likeness (QED) is 0.0655. The zero-order valence-corrected chi connectivity index (χ0v) is 23.2. The van der Waals surface area contributed by atoms with Crippen molar-refractivity contribution in [2.45, 2.75) is 64.9 Å². The molecular weight excluding hydrogens is 504 g/mol. The monoisotopic (exact) mass is 540 g/mol. The lowest BCUT2D eigenvalue weighted by Crippen LogP contribution is -2.26. The molecule has 3 aromatic carbocycles. The lowest BCUT2D eigenvalue weighted by Gasteiger charge is -2.13. The minimum atomic E-state index is -0.973. The molecule has 0 aliphatic heterocycles. The molecule has 0 aliphatic carbocycles. The Morgan fingerprint density at radius 3 is 1.85 bits per heavy atom. The highest BCUT2D eigenvalue weighted by molar-refractivity contribution is 6.00. The Labute approximate surface area is 236 Å². The Bertz CT molecular complexity index is 1280. The largest absolute Gasteiger partial charge is 0.494 e. The van der Waals surface area contributed by atoms with Crippen LogP contribution in [-0.4, -0.2) is 30.4 Å². The number of hydrogen-bond donors (Lipinski definition) is 0. The van der Waals surface area contributed by atoms with Gasteiger partial charge in [0.1, 0.15) is 11.5 Å². The zero-order valence-electron chi connectivity index (χ0n) is 23.2. The molecule has 0 fully saturated rings. The van der Waals surface area contributed by atoms with Crippen molar-refractivity contribution in [2.24, 2.45) is 0 Å². The molecule has 0 saturated heterocycles. The van der Waals surface area contributed by atoms with Gasteiger partial charge >= 0.3 is 11.9 Å². The van der Waals surface area contributed by atoms with Crippen LogP contribution in [-0.2, 0) is 9.53 Å². The fraction of sp³-hybridized carbons (Fsp3) is 0.324. The van der Waals surface area contributed by atoms with E-state index in [1.54, 1.807) is 12.1 Å². The smallest absolute Gasteiger partial charge is 0.343 e. The van der Waals surface area contributed by atoms with Crippen LogP contribution in [0.2, 0.25) is 0 Å². The molecule has 0 bridgehead atoms. The van der Waals surface area contributed by atoms with Crippen molar-refractivity contribution < 1.29 is 28.6 Å². The van der Waals surface area contributed by atoms with Crippen LogP contribution in [0.3, 0.4) is 0 Å². The number of Topliss-reactive ketones (excluding diaryl/α,β-unsaturated/α-hetero) is 1. The summed E-state index contributed by atoms with van der Waals surface area (Å²) in [5.74, 6) is 1.37. The highest BCUT2D eigenvalue weighted by Gasteiger charge is 2.21. The molecule has 3 aromatic rings. The third-order valence-electron chi connectivity index (χ3n) is 6.36. The minimum Gasteiger partial charge on any atom is -0.494 e. The molecule has 6 heteroatoms. The number of unbranched alkanes of at least 4 members (excludes halogenated alkanes) is 4. The summed E-state index contributed by atoms with van der Waals surface area (Å²) in [6, 6.07) is 21.0. The van der Waals surface area contributed by atoms with Crippen LogP contribution >= 0.6 is 0 Å². The van der Waals surface area contributed by atoms with Gasteiger partial charge in [-0.25, -0.2) is 9.59 Å². The van der Waals surface area contributed by atoms with E-state index in [0.717, 1.165) is 29.9 Å². The third kappa shape index (κ3) is 9.13. The van der Waals surface area contributed by atoms with Gasteiger partial charge < -0.3 is 14.2 Å². The standard InChI is InChI=1S/C34H36O6/c1-4-7-8-9-10-24-38-29-20-16-26(17-21-29)25-12-14-27(15-13-25)33(36)39-30-22-18-28(19-23-30)34(37)40-32(11-5-2)31(35)6-3/h3,12-23,32H,4-5,7-11,24H2,1-2H3. The highest BCUT2D eigenvalue weighted by atomic mass is 16.5. The maximum Gasteiger partial charge on any atom is 0.343 e. The van der Waals surface area contributed by atoms with Crippen molar-refractivity contribution >= 4 is 17.7 Å². The molecule has 3 rings (SSSR count). The highest BCUT2D eigenvalue weighted by Crippen LogP contribution is 2.24. The summed E-state index contributed by atoms with van der Waals surface area (Å²) in [4.78, 5) is 36.8. The second kappa shape index (κ2) is 15.9. The summed E-state index contributed by atoms with van der Waals surface area (Å²) in [7, 11) is 0. The molecule has 0 N–H and O–H groups in total. The molecule has 0 aromatic heterocycles. The van der Waals surface area contributed by atoms with Gasteiger partial charge in [0.15, 0.2) is 6.10 Å². The van der Waals surface area contributed by atoms with E-state index in [9.17, 15) is 14.4 Å². The first kappa shape index (κ1) is 30.2. The van der Waals surface area contributed by atoms with E-state index in [0.29, 0.717) is 18.4 Å². The molecule has 0 heterocycles. The van der Waals surface area contributed by atoms with Gasteiger partial charge in [-0.3, -0.25) is 4.79 Å². The Morgan fingerprint density at radius 2 is 1.25 bits per heavy atom. The lowest BCUT2D eigenvalue weighted by molar-refractivity contribution is -0.122. The van der Waals surface area contributed by atoms with Crippen LogP contribution in [0.5, 0.6) is 11.5 Å². The number of carbonyl (C=O) groups excluding carboxylic acids is 3. The van der Waals surface area contributed by atoms with Crippen LogP contribution in [0, 0.1) is 12.3 Å². The number of carbonyl (C=O) groups is 3. The zero-order chi connectivity index (χ0) is 28.7. The van der Waals surface area contributed by atoms with Crippen molar-refractivity contribution in [3.8, 4) is 35.0 Å². The molecule has 6 nitrogen and oxygen atoms in total. The number of hydrogen-bond acceptors (Lipinski definition) is 6. The average molecular weight is 541 g/mol. The Balaban J connectivity index is 1.52. The van der Waals surface area contributed by atoms with Crippen LogP contribution in [0.25, 0.3) is 11.1 Å². The SMILES string of the molecule is C#CC(=O)C(CCC)OC(=O)c1ccc(OC(=O)c2ccc(-c3ccc(OCCCCCCC)cc3)cc2)cc1. The Hall–Kier alpha value is -4.37. The fourth-order valence-corrected chi connectivity index (χ4v) is 4.06. The van der Waals surface area contributed by atoms with E-state index in [4.69, 9.17) is 20.6 Å². The summed E-state index contributed by atoms with van der Waals surface area (Å²) in [6.45, 7) is 4.80. The molecule has 0 radical (unpaired) electrons. The summed E-state index contributed by atoms with van der Waals surface area (Å²) in [6.07, 6.45) is 11.2. The molecule has 1 unspecified atom stereocenters. The molecular formula is C34H36O6. The third-order valence-corrected chi connectivity index (χ3v) is 6.36. The second-order valence-electron chi connectivity index (χ2n) is 9.47. The number of terminal acetylenes is 1. The summed E-state index contributed by atoms with van der Waals surface area (Å²) in [5.41, 5.74) is 2.60. The average Bonchev–Trinajstić information content (AvgIpc) is 2.99. The van der Waals surface area contributed by atoms with E-state index in [1.165, 1.54) is 49.9 Å². The van der Waals surface area contributed by atoms with E-state index < -0.39 is 23.8 Å². The first-order valence-corrected chi connectivity index (χ1v) is 13.8. The van der Waals surface area contributed by atoms with Gasteiger partial charge in [0, 0.05) is 0 Å². The number of esters is 2. The maximum absolute atomic E-state index is 12.6. The molecule has 40 heavy (non-hydrogen) atoms. The normalized spacial score (nSPS) is 11.2. The predicted molar refractivity (Wildman–Crippen MR) is 155 cm³/mol. The summed E-state index contributed by atoms with van der Waals surface area (Å²) >= 11 is 0. The second-order valence-corrected chi connectivity index (χ2v) is 9.47. The molecule has 0 spiro atoms. The van der Waals surface area contributed by atoms with Gasteiger partial charge in [0.25, 0.3) is 0 Å². The summed E-state index contributed by atoms with van der Waals surface area (Å²) in [5, 5.41) is 0. The van der Waals surface area contributed by atoms with Crippen molar-refractivity contribution in [2.75, 3.05) is 6.61 Å². The number of rotatable bonds is 15. The van der Waals surface area contributed by atoms with Crippen molar-refractivity contribution in [1.29, 1.82) is 0 Å². The Kier molecular flexibility index (Phi) is 12.0. The van der Waals surface area contributed by atoms with Crippen molar-refractivity contribution in [3.63, 3.8) is 0 Å². The number of benzene rings is 3. The molecule has 0 amide bonds. The van der Waals surface area contributed by atoms with Gasteiger partial charge in [-0.15, -0.1) is 6.42 Å². The van der Waals surface area contributed by atoms with Crippen LogP contribution < -0.4 is 9.47 Å². The van der Waals surface area contributed by atoms with E-state index in [-0.39, 0.29) is 11.3 Å². The first-order chi connectivity index (χ1) is 19.4. The van der Waals surface area contributed by atoms with Gasteiger partial charge in [-0.2, -0.15) is 0 Å². The van der Waals surface area contributed by atoms with E-state index in [1.807, 2.05) is 49.2 Å². The maximum atomic E-state index is 12.6. The number of ketones is 1. The van der Waals surface area contributed by atoms with Crippen LogP contribution in [0.4, 0.5) is 0 Å². The predicted octanol–water partition coefficient (Wildman–Crippen LogP) is 7.45. The molecule has 0 saturated carbocycles. The Morgan fingerprint density at radius 1 is 0.700 bits per heavy atom. The van der Waals surface area contributed by atoms with Crippen molar-refractivity contribution in [1.82, 2.24) is 0 Å². The van der Waals surface area contributed by atoms with E-state index in [2.05, 4.69) is 6.92 Å². The van der Waals surface area contributed by atoms with Gasteiger partial charge in [-0.1, -0.05) is 70.2 Å². The van der Waals surface area contributed by atoms with Crippen molar-refractivity contribution in [3.05, 3.63) is 83.9 Å².